The fraction of sp³-hybridized carbons (Fsp3) is 0.417. The van der Waals surface area contributed by atoms with E-state index in [4.69, 9.17) is 0 Å². The van der Waals surface area contributed by atoms with Gasteiger partial charge in [0.25, 0.3) is 5.91 Å². The van der Waals surface area contributed by atoms with Crippen LogP contribution in [0, 0.1) is 0 Å². The van der Waals surface area contributed by atoms with Gasteiger partial charge >= 0.3 is 0 Å². The topological polar surface area (TPSA) is 60.8 Å². The van der Waals surface area contributed by atoms with Gasteiger partial charge in [-0.15, -0.1) is 0 Å². The molecule has 84 valence electrons. The number of hydrogen-bond donors (Lipinski definition) is 2. The van der Waals surface area contributed by atoms with Gasteiger partial charge in [-0.2, -0.15) is 0 Å². The van der Waals surface area contributed by atoms with E-state index >= 15 is 0 Å². The van der Waals surface area contributed by atoms with Crippen molar-refractivity contribution < 1.29 is 15.0 Å². The SMILES string of the molecule is O=C1c2ccccc2C2(O)C(O)CCCN12. The number of aliphatic hydroxyl groups excluding tert-OH is 1. The molecule has 2 aliphatic heterocycles. The lowest BCUT2D eigenvalue weighted by Crippen LogP contribution is -2.55. The number of aliphatic hydroxyl groups is 2. The van der Waals surface area contributed by atoms with Crippen molar-refractivity contribution >= 4 is 5.91 Å². The lowest BCUT2D eigenvalue weighted by Gasteiger charge is -2.41. The van der Waals surface area contributed by atoms with Gasteiger partial charge in [-0.3, -0.25) is 4.79 Å². The van der Waals surface area contributed by atoms with Gasteiger partial charge in [0, 0.05) is 17.7 Å². The zero-order chi connectivity index (χ0) is 11.3. The Kier molecular flexibility index (Phi) is 1.87. The maximum atomic E-state index is 12.0. The highest BCUT2D eigenvalue weighted by Crippen LogP contribution is 2.43. The molecule has 2 N–H and O–H groups in total. The number of piperidine rings is 1. The van der Waals surface area contributed by atoms with Crippen molar-refractivity contribution in [3.8, 4) is 0 Å². The normalized spacial score (nSPS) is 32.5. The number of carbonyl (C=O) groups is 1. The maximum absolute atomic E-state index is 12.0. The molecule has 2 heterocycles. The van der Waals surface area contributed by atoms with E-state index in [0.717, 1.165) is 6.42 Å². The molecule has 0 spiro atoms. The van der Waals surface area contributed by atoms with Crippen LogP contribution in [-0.2, 0) is 5.72 Å². The molecule has 2 aliphatic rings. The van der Waals surface area contributed by atoms with Gasteiger partial charge in [0.1, 0.15) is 6.10 Å². The number of amides is 1. The third-order valence-corrected chi connectivity index (χ3v) is 3.53. The molecule has 2 unspecified atom stereocenters. The van der Waals surface area contributed by atoms with Crippen molar-refractivity contribution in [3.05, 3.63) is 35.4 Å². The monoisotopic (exact) mass is 219 g/mol. The fourth-order valence-electron chi connectivity index (χ4n) is 2.71. The van der Waals surface area contributed by atoms with Gasteiger partial charge < -0.3 is 15.1 Å². The Morgan fingerprint density at radius 2 is 2.12 bits per heavy atom. The Morgan fingerprint density at radius 3 is 2.94 bits per heavy atom. The molecule has 2 atom stereocenters. The third kappa shape index (κ3) is 0.982. The van der Waals surface area contributed by atoms with Crippen molar-refractivity contribution in [1.82, 2.24) is 4.90 Å². The van der Waals surface area contributed by atoms with E-state index < -0.39 is 11.8 Å². The number of nitrogens with zero attached hydrogens (tertiary/aromatic N) is 1. The predicted molar refractivity (Wildman–Crippen MR) is 56.6 cm³/mol. The average Bonchev–Trinajstić information content (AvgIpc) is 2.53. The highest BCUT2D eigenvalue weighted by atomic mass is 16.4. The Labute approximate surface area is 93.1 Å². The van der Waals surface area contributed by atoms with E-state index in [1.54, 1.807) is 24.3 Å². The van der Waals surface area contributed by atoms with Crippen LogP contribution >= 0.6 is 0 Å². The van der Waals surface area contributed by atoms with E-state index in [1.165, 1.54) is 4.90 Å². The zero-order valence-corrected chi connectivity index (χ0v) is 8.76. The first-order valence-electron chi connectivity index (χ1n) is 5.47. The molecule has 1 amide bonds. The van der Waals surface area contributed by atoms with Gasteiger partial charge in [-0.25, -0.2) is 0 Å². The van der Waals surface area contributed by atoms with Gasteiger partial charge in [0.2, 0.25) is 0 Å². The summed E-state index contributed by atoms with van der Waals surface area (Å²) in [6.07, 6.45) is 0.353. The quantitative estimate of drug-likeness (QED) is 0.665. The second-order valence-electron chi connectivity index (χ2n) is 4.39. The molecule has 1 fully saturated rings. The van der Waals surface area contributed by atoms with Gasteiger partial charge in [0.05, 0.1) is 0 Å². The molecular formula is C12H13NO3. The minimum absolute atomic E-state index is 0.183. The summed E-state index contributed by atoms with van der Waals surface area (Å²) in [6, 6.07) is 6.95. The lowest BCUT2D eigenvalue weighted by molar-refractivity contribution is -0.180. The predicted octanol–water partition coefficient (Wildman–Crippen LogP) is 0.442. The maximum Gasteiger partial charge on any atom is 0.256 e. The van der Waals surface area contributed by atoms with E-state index in [0.29, 0.717) is 24.1 Å². The average molecular weight is 219 g/mol. The first-order valence-corrected chi connectivity index (χ1v) is 5.47. The molecular weight excluding hydrogens is 206 g/mol. The lowest BCUT2D eigenvalue weighted by atomic mass is 9.90. The molecule has 0 aromatic heterocycles. The summed E-state index contributed by atoms with van der Waals surface area (Å²) in [5.41, 5.74) is -0.468. The molecule has 3 rings (SSSR count). The molecule has 0 bridgehead atoms. The molecule has 4 heteroatoms. The van der Waals surface area contributed by atoms with Crippen LogP contribution in [0.2, 0.25) is 0 Å². The van der Waals surface area contributed by atoms with Crippen molar-refractivity contribution in [2.75, 3.05) is 6.54 Å². The highest BCUT2D eigenvalue weighted by Gasteiger charge is 2.54. The Bertz CT molecular complexity index is 459. The molecule has 4 nitrogen and oxygen atoms in total. The summed E-state index contributed by atoms with van der Waals surface area (Å²) in [5, 5.41) is 20.5. The molecule has 0 saturated carbocycles. The first-order chi connectivity index (χ1) is 7.65. The Hall–Kier alpha value is -1.39. The summed E-state index contributed by atoms with van der Waals surface area (Å²) in [4.78, 5) is 13.4. The number of carbonyl (C=O) groups excluding carboxylic acids is 1. The van der Waals surface area contributed by atoms with Crippen LogP contribution < -0.4 is 0 Å². The molecule has 16 heavy (non-hydrogen) atoms. The van der Waals surface area contributed by atoms with E-state index in [9.17, 15) is 15.0 Å². The Balaban J connectivity index is 2.22. The van der Waals surface area contributed by atoms with Gasteiger partial charge in [0.15, 0.2) is 5.72 Å². The summed E-state index contributed by atoms with van der Waals surface area (Å²) >= 11 is 0. The highest BCUT2D eigenvalue weighted by molar-refractivity contribution is 5.99. The zero-order valence-electron chi connectivity index (χ0n) is 8.76. The molecule has 0 radical (unpaired) electrons. The second-order valence-corrected chi connectivity index (χ2v) is 4.39. The van der Waals surface area contributed by atoms with Crippen LogP contribution in [0.3, 0.4) is 0 Å². The van der Waals surface area contributed by atoms with Crippen LogP contribution in [-0.4, -0.2) is 33.7 Å². The van der Waals surface area contributed by atoms with E-state index in [-0.39, 0.29) is 5.91 Å². The van der Waals surface area contributed by atoms with Crippen molar-refractivity contribution in [2.24, 2.45) is 0 Å². The number of hydrogen-bond acceptors (Lipinski definition) is 3. The van der Waals surface area contributed by atoms with Crippen LogP contribution in [0.25, 0.3) is 0 Å². The minimum atomic E-state index is -1.51. The van der Waals surface area contributed by atoms with Crippen molar-refractivity contribution in [3.63, 3.8) is 0 Å². The van der Waals surface area contributed by atoms with Crippen molar-refractivity contribution in [1.29, 1.82) is 0 Å². The number of benzene rings is 1. The van der Waals surface area contributed by atoms with E-state index in [1.807, 2.05) is 0 Å². The summed E-state index contributed by atoms with van der Waals surface area (Å²) in [5.74, 6) is -0.183. The van der Waals surface area contributed by atoms with Crippen LogP contribution in [0.15, 0.2) is 24.3 Å². The minimum Gasteiger partial charge on any atom is -0.388 e. The van der Waals surface area contributed by atoms with Crippen LogP contribution in [0.1, 0.15) is 28.8 Å². The summed E-state index contributed by atoms with van der Waals surface area (Å²) < 4.78 is 0. The van der Waals surface area contributed by atoms with Crippen LogP contribution in [0.5, 0.6) is 0 Å². The first kappa shape index (κ1) is 9.81. The fourth-order valence-corrected chi connectivity index (χ4v) is 2.71. The van der Waals surface area contributed by atoms with E-state index in [2.05, 4.69) is 0 Å². The van der Waals surface area contributed by atoms with Crippen LogP contribution in [0.4, 0.5) is 0 Å². The molecule has 1 aromatic carbocycles. The summed E-state index contributed by atoms with van der Waals surface area (Å²) in [7, 11) is 0. The third-order valence-electron chi connectivity index (χ3n) is 3.53. The Morgan fingerprint density at radius 1 is 1.38 bits per heavy atom. The second kappa shape index (κ2) is 3.06. The smallest absolute Gasteiger partial charge is 0.256 e. The van der Waals surface area contributed by atoms with Gasteiger partial charge in [-0.05, 0) is 18.9 Å². The molecule has 0 aliphatic carbocycles. The van der Waals surface area contributed by atoms with Crippen molar-refractivity contribution in [2.45, 2.75) is 24.7 Å². The molecule has 1 aromatic rings. The number of rotatable bonds is 0. The van der Waals surface area contributed by atoms with Gasteiger partial charge in [-0.1, -0.05) is 18.2 Å². The standard InChI is InChI=1S/C12H13NO3/c14-10-6-3-7-13-11(15)8-4-1-2-5-9(8)12(10,13)16/h1-2,4-5,10,14,16H,3,6-7H2. The number of fused-ring (bicyclic) bond motifs is 3. The summed E-state index contributed by atoms with van der Waals surface area (Å²) in [6.45, 7) is 0.501. The largest absolute Gasteiger partial charge is 0.388 e. The molecule has 1 saturated heterocycles.